The minimum atomic E-state index is -2.89. The topological polar surface area (TPSA) is 70.6 Å². The maximum absolute atomic E-state index is 12.3. The Morgan fingerprint density at radius 1 is 1.33 bits per heavy atom. The van der Waals surface area contributed by atoms with Gasteiger partial charge in [0.15, 0.2) is 9.84 Å². The molecule has 0 saturated carbocycles. The van der Waals surface area contributed by atoms with Crippen LogP contribution in [0.3, 0.4) is 0 Å². The molecule has 0 unspecified atom stereocenters. The molecule has 0 N–H and O–H groups in total. The summed E-state index contributed by atoms with van der Waals surface area (Å²) < 4.78 is 23.1. The molecule has 2 heterocycles. The van der Waals surface area contributed by atoms with Crippen molar-refractivity contribution in [3.05, 3.63) is 29.6 Å². The van der Waals surface area contributed by atoms with Gasteiger partial charge in [0, 0.05) is 32.3 Å². The van der Waals surface area contributed by atoms with Crippen LogP contribution in [-0.2, 0) is 27.6 Å². The Kier molecular flexibility index (Phi) is 6.34. The highest BCUT2D eigenvalue weighted by atomic mass is 32.2. The summed E-state index contributed by atoms with van der Waals surface area (Å²) in [6, 6.07) is 4.03. The van der Waals surface area contributed by atoms with Gasteiger partial charge in [-0.1, -0.05) is 13.0 Å². The molecule has 1 aliphatic rings. The lowest BCUT2D eigenvalue weighted by Gasteiger charge is -2.24. The minimum Gasteiger partial charge on any atom is -0.340 e. The smallest absolute Gasteiger partial charge is 0.223 e. The Labute approximate surface area is 144 Å². The van der Waals surface area contributed by atoms with E-state index in [1.807, 2.05) is 30.3 Å². The molecule has 1 aromatic heterocycles. The fraction of sp³-hybridized carbons (Fsp3) is 0.647. The van der Waals surface area contributed by atoms with Crippen LogP contribution >= 0.6 is 0 Å². The molecule has 0 bridgehead atoms. The Morgan fingerprint density at radius 3 is 2.62 bits per heavy atom. The van der Waals surface area contributed by atoms with Crippen LogP contribution < -0.4 is 0 Å². The van der Waals surface area contributed by atoms with Gasteiger partial charge in [0.1, 0.15) is 0 Å². The van der Waals surface area contributed by atoms with E-state index in [1.54, 1.807) is 11.9 Å². The molecule has 0 aliphatic carbocycles. The summed E-state index contributed by atoms with van der Waals surface area (Å²) in [5, 5.41) is 0. The highest BCUT2D eigenvalue weighted by Crippen LogP contribution is 2.16. The summed E-state index contributed by atoms with van der Waals surface area (Å²) >= 11 is 0. The molecule has 1 saturated heterocycles. The van der Waals surface area contributed by atoms with E-state index in [9.17, 15) is 13.2 Å². The number of sulfone groups is 1. The SMILES string of the molecule is CCc1ccc(CN(C)C(=O)CCN(C)[C@@H]2CCS(=O)(=O)C2)nc1. The van der Waals surface area contributed by atoms with Gasteiger partial charge in [0.05, 0.1) is 23.7 Å². The Hall–Kier alpha value is -1.47. The molecule has 1 aliphatic heterocycles. The van der Waals surface area contributed by atoms with Crippen molar-refractivity contribution in [2.45, 2.75) is 38.8 Å². The van der Waals surface area contributed by atoms with Crippen molar-refractivity contribution < 1.29 is 13.2 Å². The quantitative estimate of drug-likeness (QED) is 0.734. The van der Waals surface area contributed by atoms with Crippen LogP contribution in [0.4, 0.5) is 0 Å². The van der Waals surface area contributed by atoms with Gasteiger partial charge in [-0.05, 0) is 31.5 Å². The number of amides is 1. The third-order valence-corrected chi connectivity index (χ3v) is 6.38. The van der Waals surface area contributed by atoms with E-state index in [0.717, 1.165) is 12.1 Å². The number of carbonyl (C=O) groups excluding carboxylic acids is 1. The van der Waals surface area contributed by atoms with Crippen molar-refractivity contribution in [2.24, 2.45) is 0 Å². The number of nitrogens with zero attached hydrogens (tertiary/aromatic N) is 3. The molecular weight excluding hydrogens is 326 g/mol. The molecule has 1 amide bonds. The van der Waals surface area contributed by atoms with Crippen LogP contribution in [0, 0.1) is 0 Å². The Balaban J connectivity index is 1.78. The zero-order valence-electron chi connectivity index (χ0n) is 14.7. The fourth-order valence-corrected chi connectivity index (χ4v) is 4.66. The summed E-state index contributed by atoms with van der Waals surface area (Å²) in [7, 11) is 0.781. The van der Waals surface area contributed by atoms with Crippen molar-refractivity contribution in [1.29, 1.82) is 0 Å². The van der Waals surface area contributed by atoms with Crippen molar-refractivity contribution >= 4 is 15.7 Å². The van der Waals surface area contributed by atoms with Crippen molar-refractivity contribution in [3.8, 4) is 0 Å². The molecule has 6 nitrogen and oxygen atoms in total. The molecule has 134 valence electrons. The van der Waals surface area contributed by atoms with E-state index in [0.29, 0.717) is 25.9 Å². The second-order valence-electron chi connectivity index (χ2n) is 6.55. The minimum absolute atomic E-state index is 0.0383. The average Bonchev–Trinajstić information content (AvgIpc) is 2.93. The van der Waals surface area contributed by atoms with Crippen LogP contribution in [0.2, 0.25) is 0 Å². The first-order valence-corrected chi connectivity index (χ1v) is 10.2. The molecule has 1 fully saturated rings. The summed E-state index contributed by atoms with van der Waals surface area (Å²) in [4.78, 5) is 20.3. The van der Waals surface area contributed by atoms with Gasteiger partial charge in [0.2, 0.25) is 5.91 Å². The van der Waals surface area contributed by atoms with Crippen LogP contribution in [0.5, 0.6) is 0 Å². The van der Waals surface area contributed by atoms with E-state index in [2.05, 4.69) is 11.9 Å². The highest BCUT2D eigenvalue weighted by molar-refractivity contribution is 7.91. The number of carbonyl (C=O) groups is 1. The van der Waals surface area contributed by atoms with E-state index >= 15 is 0 Å². The third kappa shape index (κ3) is 5.27. The number of aryl methyl sites for hydroxylation is 1. The Morgan fingerprint density at radius 2 is 2.08 bits per heavy atom. The van der Waals surface area contributed by atoms with E-state index in [4.69, 9.17) is 0 Å². The maximum atomic E-state index is 12.3. The van der Waals surface area contributed by atoms with Crippen LogP contribution in [-0.4, -0.2) is 67.3 Å². The first-order valence-electron chi connectivity index (χ1n) is 8.39. The van der Waals surface area contributed by atoms with Gasteiger partial charge < -0.3 is 9.80 Å². The van der Waals surface area contributed by atoms with E-state index in [1.165, 1.54) is 5.56 Å². The Bertz CT molecular complexity index is 658. The molecule has 0 spiro atoms. The number of aromatic nitrogens is 1. The summed E-state index contributed by atoms with van der Waals surface area (Å²) in [6.07, 6.45) is 3.85. The molecule has 1 atom stereocenters. The van der Waals surface area contributed by atoms with Crippen molar-refractivity contribution in [3.63, 3.8) is 0 Å². The first-order chi connectivity index (χ1) is 11.3. The lowest BCUT2D eigenvalue weighted by molar-refractivity contribution is -0.130. The second-order valence-corrected chi connectivity index (χ2v) is 8.78. The summed E-state index contributed by atoms with van der Waals surface area (Å²) in [6.45, 7) is 3.15. The lowest BCUT2D eigenvalue weighted by atomic mass is 10.2. The number of hydrogen-bond donors (Lipinski definition) is 0. The monoisotopic (exact) mass is 353 g/mol. The fourth-order valence-electron chi connectivity index (χ4n) is 2.86. The molecule has 7 heteroatoms. The predicted molar refractivity (Wildman–Crippen MR) is 94.4 cm³/mol. The zero-order valence-corrected chi connectivity index (χ0v) is 15.6. The van der Waals surface area contributed by atoms with Crippen LogP contribution in [0.25, 0.3) is 0 Å². The molecule has 0 radical (unpaired) electrons. The van der Waals surface area contributed by atoms with E-state index < -0.39 is 9.84 Å². The zero-order chi connectivity index (χ0) is 17.7. The lowest BCUT2D eigenvalue weighted by Crippen LogP contribution is -2.36. The maximum Gasteiger partial charge on any atom is 0.223 e. The van der Waals surface area contributed by atoms with Gasteiger partial charge in [0.25, 0.3) is 0 Å². The molecule has 0 aromatic carbocycles. The number of rotatable bonds is 7. The number of hydrogen-bond acceptors (Lipinski definition) is 5. The van der Waals surface area contributed by atoms with Gasteiger partial charge >= 0.3 is 0 Å². The van der Waals surface area contributed by atoms with Crippen LogP contribution in [0.15, 0.2) is 18.3 Å². The molecular formula is C17H27N3O3S. The number of pyridine rings is 1. The molecule has 1 aromatic rings. The van der Waals surface area contributed by atoms with Crippen molar-refractivity contribution in [2.75, 3.05) is 32.1 Å². The molecule has 24 heavy (non-hydrogen) atoms. The summed E-state index contributed by atoms with van der Waals surface area (Å²) in [5.74, 6) is 0.514. The first kappa shape index (κ1) is 18.9. The van der Waals surface area contributed by atoms with Crippen LogP contribution in [0.1, 0.15) is 31.0 Å². The van der Waals surface area contributed by atoms with E-state index in [-0.39, 0.29) is 23.5 Å². The van der Waals surface area contributed by atoms with Gasteiger partial charge in [-0.15, -0.1) is 0 Å². The predicted octanol–water partition coefficient (Wildman–Crippen LogP) is 1.11. The normalized spacial score (nSPS) is 19.6. The van der Waals surface area contributed by atoms with Crippen molar-refractivity contribution in [1.82, 2.24) is 14.8 Å². The molecule has 2 rings (SSSR count). The van der Waals surface area contributed by atoms with Gasteiger partial charge in [-0.3, -0.25) is 9.78 Å². The average molecular weight is 353 g/mol. The highest BCUT2D eigenvalue weighted by Gasteiger charge is 2.30. The standard InChI is InChI=1S/C17H27N3O3S/c1-4-14-5-6-15(18-11-14)12-20(3)17(21)7-9-19(2)16-8-10-24(22,23)13-16/h5-6,11,16H,4,7-10,12-13H2,1-3H3/t16-/m1/s1. The largest absolute Gasteiger partial charge is 0.340 e. The summed E-state index contributed by atoms with van der Waals surface area (Å²) in [5.41, 5.74) is 2.05. The second kappa shape index (κ2) is 8.07. The third-order valence-electron chi connectivity index (χ3n) is 4.63. The van der Waals surface area contributed by atoms with Gasteiger partial charge in [-0.2, -0.15) is 0 Å². The van der Waals surface area contributed by atoms with Gasteiger partial charge in [-0.25, -0.2) is 8.42 Å².